The molecule has 0 bridgehead atoms. The minimum Gasteiger partial charge on any atom is -0.493 e. The van der Waals surface area contributed by atoms with E-state index in [-0.39, 0.29) is 23.5 Å². The zero-order valence-corrected chi connectivity index (χ0v) is 21.7. The molecule has 6 nitrogen and oxygen atoms in total. The van der Waals surface area contributed by atoms with Crippen LogP contribution in [0.4, 0.5) is 11.4 Å². The summed E-state index contributed by atoms with van der Waals surface area (Å²) in [6.07, 6.45) is 1.01. The normalized spacial score (nSPS) is 19.4. The summed E-state index contributed by atoms with van der Waals surface area (Å²) in [6, 6.07) is 17.2. The Morgan fingerprint density at radius 1 is 1.03 bits per heavy atom. The van der Waals surface area contributed by atoms with Crippen molar-refractivity contribution < 1.29 is 19.1 Å². The number of hydrogen-bond acceptors (Lipinski definition) is 6. The fourth-order valence-electron chi connectivity index (χ4n) is 5.17. The Balaban J connectivity index is 1.65. The number of para-hydroxylation sites is 2. The molecule has 2 aromatic carbocycles. The first-order valence-corrected chi connectivity index (χ1v) is 13.0. The van der Waals surface area contributed by atoms with Gasteiger partial charge in [0.1, 0.15) is 6.04 Å². The lowest BCUT2D eigenvalue weighted by Gasteiger charge is -2.35. The Bertz CT molecular complexity index is 1330. The number of thiophene rings is 1. The molecule has 5 rings (SSSR count). The summed E-state index contributed by atoms with van der Waals surface area (Å²) in [6.45, 7) is 3.81. The van der Waals surface area contributed by atoms with Gasteiger partial charge in [0.2, 0.25) is 5.91 Å². The van der Waals surface area contributed by atoms with Crippen LogP contribution in [0.15, 0.2) is 71.2 Å². The molecule has 0 fully saturated rings. The van der Waals surface area contributed by atoms with Crippen LogP contribution in [0, 0.1) is 5.92 Å². The van der Waals surface area contributed by atoms with Crippen molar-refractivity contribution >= 4 is 34.4 Å². The van der Waals surface area contributed by atoms with Gasteiger partial charge in [-0.1, -0.05) is 38.1 Å². The molecular weight excluding hydrogens is 472 g/mol. The van der Waals surface area contributed by atoms with Gasteiger partial charge >= 0.3 is 0 Å². The number of ether oxygens (including phenoxy) is 2. The first kappa shape index (κ1) is 24.1. The number of Topliss-reactive ketones (excluding diaryl/α,β-unsaturated/α-hetero) is 1. The molecule has 2 atom stereocenters. The van der Waals surface area contributed by atoms with E-state index >= 15 is 0 Å². The fraction of sp³-hybridized carbons (Fsp3) is 0.310. The number of carbonyl (C=O) groups is 2. The number of benzene rings is 2. The van der Waals surface area contributed by atoms with E-state index in [2.05, 4.69) is 5.32 Å². The van der Waals surface area contributed by atoms with Crippen molar-refractivity contribution in [3.63, 3.8) is 0 Å². The number of hydrogen-bond donors (Lipinski definition) is 1. The predicted molar refractivity (Wildman–Crippen MR) is 143 cm³/mol. The predicted octanol–water partition coefficient (Wildman–Crippen LogP) is 6.32. The van der Waals surface area contributed by atoms with Gasteiger partial charge in [-0.25, -0.2) is 0 Å². The van der Waals surface area contributed by atoms with E-state index in [1.165, 1.54) is 0 Å². The third kappa shape index (κ3) is 4.17. The summed E-state index contributed by atoms with van der Waals surface area (Å²) in [5, 5.41) is 5.57. The molecule has 36 heavy (non-hydrogen) atoms. The van der Waals surface area contributed by atoms with Crippen LogP contribution in [0.3, 0.4) is 0 Å². The van der Waals surface area contributed by atoms with Crippen molar-refractivity contribution in [2.75, 3.05) is 24.4 Å². The lowest BCUT2D eigenvalue weighted by Crippen LogP contribution is -2.40. The minimum absolute atomic E-state index is 0.00813. The fourth-order valence-corrected chi connectivity index (χ4v) is 5.99. The van der Waals surface area contributed by atoms with Crippen molar-refractivity contribution in [2.24, 2.45) is 5.92 Å². The number of nitrogens with zero attached hydrogens (tertiary/aromatic N) is 1. The third-order valence-electron chi connectivity index (χ3n) is 6.91. The number of anilines is 2. The van der Waals surface area contributed by atoms with Crippen LogP contribution >= 0.6 is 11.3 Å². The number of ketones is 1. The highest BCUT2D eigenvalue weighted by Gasteiger charge is 2.42. The Morgan fingerprint density at radius 2 is 1.81 bits per heavy atom. The Labute approximate surface area is 215 Å². The molecule has 3 aromatic rings. The largest absolute Gasteiger partial charge is 0.493 e. The van der Waals surface area contributed by atoms with Gasteiger partial charge in [-0.05, 0) is 53.6 Å². The molecule has 1 aliphatic heterocycles. The lowest BCUT2D eigenvalue weighted by atomic mass is 9.79. The van der Waals surface area contributed by atoms with Crippen molar-refractivity contribution in [3.05, 3.63) is 81.7 Å². The quantitative estimate of drug-likeness (QED) is 0.442. The average Bonchev–Trinajstić information content (AvgIpc) is 3.37. The Hall–Kier alpha value is -3.58. The Morgan fingerprint density at radius 3 is 2.50 bits per heavy atom. The van der Waals surface area contributed by atoms with Gasteiger partial charge in [-0.3, -0.25) is 14.5 Å². The third-order valence-corrected chi connectivity index (χ3v) is 7.84. The van der Waals surface area contributed by atoms with Crippen molar-refractivity contribution in [1.82, 2.24) is 0 Å². The van der Waals surface area contributed by atoms with Gasteiger partial charge in [0.25, 0.3) is 0 Å². The van der Waals surface area contributed by atoms with E-state index in [4.69, 9.17) is 9.47 Å². The topological polar surface area (TPSA) is 67.9 Å². The number of carbonyl (C=O) groups excluding carboxylic acids is 2. The summed E-state index contributed by atoms with van der Waals surface area (Å²) < 4.78 is 10.9. The van der Waals surface area contributed by atoms with E-state index in [0.717, 1.165) is 27.5 Å². The summed E-state index contributed by atoms with van der Waals surface area (Å²) in [7, 11) is 3.23. The van der Waals surface area contributed by atoms with Gasteiger partial charge in [-0.2, -0.15) is 0 Å². The number of fused-ring (bicyclic) bond motifs is 1. The molecule has 0 spiro atoms. The highest BCUT2D eigenvalue weighted by Crippen LogP contribution is 2.49. The van der Waals surface area contributed by atoms with Gasteiger partial charge in [0.05, 0.1) is 25.6 Å². The Kier molecular flexibility index (Phi) is 6.58. The molecule has 186 valence electrons. The molecule has 2 heterocycles. The van der Waals surface area contributed by atoms with Crippen molar-refractivity contribution in [3.8, 4) is 11.5 Å². The van der Waals surface area contributed by atoms with Gasteiger partial charge in [0, 0.05) is 28.5 Å². The summed E-state index contributed by atoms with van der Waals surface area (Å²) >= 11 is 1.57. The zero-order chi connectivity index (χ0) is 25.4. The maximum absolute atomic E-state index is 14.0. The van der Waals surface area contributed by atoms with Gasteiger partial charge in [-0.15, -0.1) is 11.3 Å². The second kappa shape index (κ2) is 9.82. The van der Waals surface area contributed by atoms with E-state index in [1.807, 2.05) is 78.7 Å². The second-order valence-corrected chi connectivity index (χ2v) is 10.4. The van der Waals surface area contributed by atoms with Crippen LogP contribution < -0.4 is 19.7 Å². The van der Waals surface area contributed by atoms with E-state index in [0.29, 0.717) is 29.9 Å². The second-order valence-electron chi connectivity index (χ2n) is 9.46. The van der Waals surface area contributed by atoms with E-state index < -0.39 is 6.04 Å². The van der Waals surface area contributed by atoms with Crippen LogP contribution in [0.1, 0.15) is 49.1 Å². The minimum atomic E-state index is -0.468. The van der Waals surface area contributed by atoms with Crippen molar-refractivity contribution in [2.45, 2.75) is 38.6 Å². The maximum Gasteiger partial charge on any atom is 0.230 e. The van der Waals surface area contributed by atoms with Crippen molar-refractivity contribution in [1.29, 1.82) is 0 Å². The molecule has 2 aliphatic rings. The first-order valence-electron chi connectivity index (χ1n) is 12.1. The standard InChI is InChI=1S/C29H30N2O4S/c1-17(2)29(33)31-22-9-6-5-8-20(22)30-21-14-19(18-11-12-24(34-3)25(16-18)35-4)15-23(32)27(21)28(31)26-10-7-13-36-26/h5-13,16-17,19,28,30H,14-15H2,1-4H3. The molecule has 1 amide bonds. The zero-order valence-electron chi connectivity index (χ0n) is 20.9. The molecule has 1 N–H and O–H groups in total. The molecule has 1 aromatic heterocycles. The highest BCUT2D eigenvalue weighted by molar-refractivity contribution is 7.10. The average molecular weight is 503 g/mol. The van der Waals surface area contributed by atoms with E-state index in [9.17, 15) is 9.59 Å². The van der Waals surface area contributed by atoms with Crippen LogP contribution in [-0.2, 0) is 9.59 Å². The molecule has 7 heteroatoms. The lowest BCUT2D eigenvalue weighted by molar-refractivity contribution is -0.121. The van der Waals surface area contributed by atoms with Crippen LogP contribution in [-0.4, -0.2) is 25.9 Å². The number of allylic oxidation sites excluding steroid dienone is 1. The van der Waals surface area contributed by atoms with Gasteiger partial charge in [0.15, 0.2) is 17.3 Å². The summed E-state index contributed by atoms with van der Waals surface area (Å²) in [5.41, 5.74) is 4.20. The number of nitrogens with one attached hydrogen (secondary N) is 1. The van der Waals surface area contributed by atoms with Gasteiger partial charge < -0.3 is 14.8 Å². The molecule has 0 saturated carbocycles. The summed E-state index contributed by atoms with van der Waals surface area (Å²) in [5.74, 6) is 1.10. The van der Waals surface area contributed by atoms with E-state index in [1.54, 1.807) is 25.6 Å². The monoisotopic (exact) mass is 502 g/mol. The SMILES string of the molecule is COc1ccc(C2CC(=O)C3=C(C2)Nc2ccccc2N(C(=O)C(C)C)C3c2cccs2)cc1OC. The molecule has 0 saturated heterocycles. The molecular formula is C29H30N2O4S. The number of amides is 1. The first-order chi connectivity index (χ1) is 17.4. The molecule has 0 radical (unpaired) electrons. The maximum atomic E-state index is 14.0. The number of rotatable bonds is 5. The smallest absolute Gasteiger partial charge is 0.230 e. The highest BCUT2D eigenvalue weighted by atomic mass is 32.1. The summed E-state index contributed by atoms with van der Waals surface area (Å²) in [4.78, 5) is 30.4. The number of methoxy groups -OCH3 is 2. The van der Waals surface area contributed by atoms with Crippen LogP contribution in [0.5, 0.6) is 11.5 Å². The van der Waals surface area contributed by atoms with Crippen LogP contribution in [0.2, 0.25) is 0 Å². The van der Waals surface area contributed by atoms with Crippen LogP contribution in [0.25, 0.3) is 0 Å². The molecule has 1 aliphatic carbocycles. The molecule has 2 unspecified atom stereocenters.